The largest absolute Gasteiger partial charge is 0.352 e. The number of hydrogen-bond acceptors (Lipinski definition) is 4. The molecule has 2 aliphatic rings. The lowest BCUT2D eigenvalue weighted by Crippen LogP contribution is -2.46. The van der Waals surface area contributed by atoms with Crippen molar-refractivity contribution in [3.63, 3.8) is 0 Å². The van der Waals surface area contributed by atoms with Crippen molar-refractivity contribution in [1.29, 1.82) is 0 Å². The minimum absolute atomic E-state index is 0.0518. The highest BCUT2D eigenvalue weighted by molar-refractivity contribution is 5.94. The number of piperazine rings is 1. The summed E-state index contributed by atoms with van der Waals surface area (Å²) in [6.45, 7) is 10.6. The van der Waals surface area contributed by atoms with Gasteiger partial charge in [0.1, 0.15) is 0 Å². The van der Waals surface area contributed by atoms with Crippen LogP contribution in [-0.2, 0) is 13.1 Å². The molecule has 0 atom stereocenters. The van der Waals surface area contributed by atoms with Crippen LogP contribution >= 0.6 is 0 Å². The van der Waals surface area contributed by atoms with Crippen LogP contribution in [0.4, 0.5) is 0 Å². The van der Waals surface area contributed by atoms with Crippen LogP contribution in [0.3, 0.4) is 0 Å². The minimum Gasteiger partial charge on any atom is -0.352 e. The maximum atomic E-state index is 12.6. The lowest BCUT2D eigenvalue weighted by Gasteiger charge is -2.34. The molecule has 2 aromatic carbocycles. The van der Waals surface area contributed by atoms with Crippen molar-refractivity contribution in [2.45, 2.75) is 32.4 Å². The van der Waals surface area contributed by atoms with Gasteiger partial charge in [-0.25, -0.2) is 0 Å². The number of likely N-dealkylation sites (tertiary alicyclic amines) is 1. The average Bonchev–Trinajstić information content (AvgIpc) is 3.31. The first-order valence-corrected chi connectivity index (χ1v) is 11.8. The smallest absolute Gasteiger partial charge is 0.251 e. The Labute approximate surface area is 187 Å². The molecule has 5 nitrogen and oxygen atoms in total. The van der Waals surface area contributed by atoms with Crippen LogP contribution in [0.2, 0.25) is 0 Å². The molecular formula is C26H36N4O. The highest BCUT2D eigenvalue weighted by Crippen LogP contribution is 2.14. The van der Waals surface area contributed by atoms with E-state index in [1.807, 2.05) is 12.1 Å². The van der Waals surface area contributed by atoms with Gasteiger partial charge in [-0.2, -0.15) is 0 Å². The molecule has 2 fully saturated rings. The van der Waals surface area contributed by atoms with Gasteiger partial charge in [-0.3, -0.25) is 14.6 Å². The van der Waals surface area contributed by atoms with Crippen molar-refractivity contribution >= 4 is 5.91 Å². The third-order valence-corrected chi connectivity index (χ3v) is 6.44. The van der Waals surface area contributed by atoms with Crippen molar-refractivity contribution in [1.82, 2.24) is 20.0 Å². The Bertz CT molecular complexity index is 811. The normalized spacial score (nSPS) is 18.3. The van der Waals surface area contributed by atoms with Crippen LogP contribution in [-0.4, -0.2) is 73.0 Å². The Morgan fingerprint density at radius 2 is 1.39 bits per heavy atom. The zero-order valence-electron chi connectivity index (χ0n) is 18.6. The van der Waals surface area contributed by atoms with E-state index in [0.29, 0.717) is 0 Å². The molecule has 2 saturated heterocycles. The molecule has 5 heteroatoms. The van der Waals surface area contributed by atoms with E-state index in [4.69, 9.17) is 0 Å². The van der Waals surface area contributed by atoms with Crippen LogP contribution in [0.1, 0.15) is 40.7 Å². The van der Waals surface area contributed by atoms with Crippen LogP contribution in [0.15, 0.2) is 54.6 Å². The topological polar surface area (TPSA) is 38.8 Å². The van der Waals surface area contributed by atoms with Gasteiger partial charge < -0.3 is 10.2 Å². The highest BCUT2D eigenvalue weighted by Gasteiger charge is 2.17. The monoisotopic (exact) mass is 420 g/mol. The zero-order chi connectivity index (χ0) is 21.3. The molecule has 0 aromatic heterocycles. The fraction of sp³-hybridized carbons (Fsp3) is 0.500. The number of carbonyl (C=O) groups is 1. The molecule has 0 bridgehead atoms. The van der Waals surface area contributed by atoms with Crippen LogP contribution < -0.4 is 5.32 Å². The molecule has 0 aliphatic carbocycles. The summed E-state index contributed by atoms with van der Waals surface area (Å²) in [6.07, 6.45) is 3.59. The fourth-order valence-electron chi connectivity index (χ4n) is 4.63. The van der Waals surface area contributed by atoms with Crippen LogP contribution in [0.5, 0.6) is 0 Å². The fourth-order valence-corrected chi connectivity index (χ4v) is 4.63. The first-order valence-electron chi connectivity index (χ1n) is 11.8. The van der Waals surface area contributed by atoms with E-state index >= 15 is 0 Å². The molecule has 2 heterocycles. The zero-order valence-corrected chi connectivity index (χ0v) is 18.6. The SMILES string of the molecule is O=C(NCCCN1CCN(Cc2ccccc2)CC1)c1cccc(CN2CCCC2)c1. The van der Waals surface area contributed by atoms with Crippen molar-refractivity contribution < 1.29 is 4.79 Å². The second kappa shape index (κ2) is 11.4. The quantitative estimate of drug-likeness (QED) is 0.633. The van der Waals surface area contributed by atoms with Crippen LogP contribution in [0.25, 0.3) is 0 Å². The molecule has 31 heavy (non-hydrogen) atoms. The Morgan fingerprint density at radius 1 is 0.742 bits per heavy atom. The van der Waals surface area contributed by atoms with E-state index in [2.05, 4.69) is 62.5 Å². The molecule has 0 unspecified atom stereocenters. The number of rotatable bonds is 9. The molecule has 0 saturated carbocycles. The van der Waals surface area contributed by atoms with Gasteiger partial charge in [-0.15, -0.1) is 0 Å². The number of hydrogen-bond donors (Lipinski definition) is 1. The molecule has 2 aliphatic heterocycles. The van der Waals surface area contributed by atoms with Gasteiger partial charge in [-0.1, -0.05) is 42.5 Å². The summed E-state index contributed by atoms with van der Waals surface area (Å²) >= 11 is 0. The summed E-state index contributed by atoms with van der Waals surface area (Å²) in [6, 6.07) is 18.8. The van der Waals surface area contributed by atoms with E-state index in [1.54, 1.807) is 0 Å². The summed E-state index contributed by atoms with van der Waals surface area (Å²) in [4.78, 5) is 20.1. The molecule has 4 rings (SSSR count). The Kier molecular flexibility index (Phi) is 8.11. The van der Waals surface area contributed by atoms with Gasteiger partial charge >= 0.3 is 0 Å². The van der Waals surface area contributed by atoms with Crippen molar-refractivity contribution in [3.8, 4) is 0 Å². The summed E-state index contributed by atoms with van der Waals surface area (Å²) < 4.78 is 0. The number of carbonyl (C=O) groups excluding carboxylic acids is 1. The predicted molar refractivity (Wildman–Crippen MR) is 126 cm³/mol. The maximum Gasteiger partial charge on any atom is 0.251 e. The predicted octanol–water partition coefficient (Wildman–Crippen LogP) is 3.22. The minimum atomic E-state index is 0.0518. The van der Waals surface area contributed by atoms with Gasteiger partial charge in [0.05, 0.1) is 0 Å². The van der Waals surface area contributed by atoms with Crippen LogP contribution in [0, 0.1) is 0 Å². The van der Waals surface area contributed by atoms with E-state index in [-0.39, 0.29) is 5.91 Å². The first-order chi connectivity index (χ1) is 15.3. The van der Waals surface area contributed by atoms with Gasteiger partial charge in [0.25, 0.3) is 5.91 Å². The lowest BCUT2D eigenvalue weighted by atomic mass is 10.1. The van der Waals surface area contributed by atoms with Crippen molar-refractivity contribution in [2.75, 3.05) is 52.4 Å². The average molecular weight is 421 g/mol. The van der Waals surface area contributed by atoms with E-state index < -0.39 is 0 Å². The van der Waals surface area contributed by atoms with E-state index in [9.17, 15) is 4.79 Å². The summed E-state index contributed by atoms with van der Waals surface area (Å²) in [5, 5.41) is 3.11. The summed E-state index contributed by atoms with van der Waals surface area (Å²) in [5.74, 6) is 0.0518. The number of nitrogens with one attached hydrogen (secondary N) is 1. The first kappa shape index (κ1) is 22.0. The number of benzene rings is 2. The lowest BCUT2D eigenvalue weighted by molar-refractivity contribution is 0.0947. The maximum absolute atomic E-state index is 12.6. The Balaban J connectivity index is 1.12. The third-order valence-electron chi connectivity index (χ3n) is 6.44. The van der Waals surface area contributed by atoms with Gasteiger partial charge in [0.15, 0.2) is 0 Å². The molecule has 0 spiro atoms. The molecule has 1 amide bonds. The summed E-state index contributed by atoms with van der Waals surface area (Å²) in [5.41, 5.74) is 3.41. The molecule has 2 aromatic rings. The molecular weight excluding hydrogens is 384 g/mol. The van der Waals surface area contributed by atoms with E-state index in [1.165, 1.54) is 37.1 Å². The Hall–Kier alpha value is -2.21. The third kappa shape index (κ3) is 6.89. The second-order valence-electron chi connectivity index (χ2n) is 8.90. The van der Waals surface area contributed by atoms with Gasteiger partial charge in [0, 0.05) is 51.4 Å². The summed E-state index contributed by atoms with van der Waals surface area (Å²) in [7, 11) is 0. The van der Waals surface area contributed by atoms with Crippen molar-refractivity contribution in [3.05, 3.63) is 71.3 Å². The van der Waals surface area contributed by atoms with E-state index in [0.717, 1.165) is 64.3 Å². The number of amides is 1. The molecule has 0 radical (unpaired) electrons. The molecule has 166 valence electrons. The number of nitrogens with zero attached hydrogens (tertiary/aromatic N) is 3. The molecule has 1 N–H and O–H groups in total. The highest BCUT2D eigenvalue weighted by atomic mass is 16.1. The van der Waals surface area contributed by atoms with Gasteiger partial charge in [-0.05, 0) is 62.2 Å². The standard InChI is InChI=1S/C26H36N4O/c31-26(25-11-6-10-24(20-25)22-29-13-4-5-14-29)27-12-7-15-28-16-18-30(19-17-28)21-23-8-2-1-3-9-23/h1-3,6,8-11,20H,4-5,7,12-19,21-22H2,(H,27,31). The van der Waals surface area contributed by atoms with Gasteiger partial charge in [0.2, 0.25) is 0 Å². The van der Waals surface area contributed by atoms with Crippen molar-refractivity contribution in [2.24, 2.45) is 0 Å². The Morgan fingerprint density at radius 3 is 2.16 bits per heavy atom. The second-order valence-corrected chi connectivity index (χ2v) is 8.90.